The van der Waals surface area contributed by atoms with Gasteiger partial charge in [0.15, 0.2) is 0 Å². The Kier molecular flexibility index (Phi) is 3.80. The molecule has 0 radical (unpaired) electrons. The van der Waals surface area contributed by atoms with E-state index >= 15 is 0 Å². The van der Waals surface area contributed by atoms with Crippen molar-refractivity contribution < 1.29 is 19.1 Å². The van der Waals surface area contributed by atoms with E-state index in [1.165, 1.54) is 19.2 Å². The summed E-state index contributed by atoms with van der Waals surface area (Å²) >= 11 is 0. The zero-order valence-corrected chi connectivity index (χ0v) is 14.1. The molecule has 1 N–H and O–H groups in total. The molecular weight excluding hydrogens is 332 g/mol. The molecule has 4 rings (SSSR count). The molecule has 0 aromatic heterocycles. The van der Waals surface area contributed by atoms with Crippen molar-refractivity contribution in [1.29, 1.82) is 0 Å². The predicted octanol–water partition coefficient (Wildman–Crippen LogP) is 2.50. The summed E-state index contributed by atoms with van der Waals surface area (Å²) in [5.74, 6) is -0.110. The van der Waals surface area contributed by atoms with Crippen LogP contribution in [0.2, 0.25) is 0 Å². The maximum absolute atomic E-state index is 12.1. The van der Waals surface area contributed by atoms with Crippen LogP contribution in [-0.2, 0) is 11.2 Å². The Bertz CT molecular complexity index is 978. The number of hydrogen-bond acceptors (Lipinski definition) is 4. The number of carbonyl (C=O) groups excluding carboxylic acids is 3. The summed E-state index contributed by atoms with van der Waals surface area (Å²) in [6.07, 6.45) is 4.03. The second kappa shape index (κ2) is 6.15. The number of carbonyl (C=O) groups is 3. The summed E-state index contributed by atoms with van der Waals surface area (Å²) in [6.45, 7) is 0.692. The van der Waals surface area contributed by atoms with Crippen molar-refractivity contribution in [2.24, 2.45) is 0 Å². The number of imide groups is 1. The fourth-order valence-electron chi connectivity index (χ4n) is 3.11. The fraction of sp³-hybridized carbons (Fsp3) is 0.150. The van der Waals surface area contributed by atoms with Gasteiger partial charge in [0, 0.05) is 25.2 Å². The lowest BCUT2D eigenvalue weighted by Crippen LogP contribution is -2.24. The van der Waals surface area contributed by atoms with Crippen LogP contribution >= 0.6 is 0 Å². The average Bonchev–Trinajstić information content (AvgIpc) is 3.19. The molecule has 2 aliphatic rings. The smallest absolute Gasteiger partial charge is 0.261 e. The van der Waals surface area contributed by atoms with Crippen molar-refractivity contribution >= 4 is 29.5 Å². The van der Waals surface area contributed by atoms with Gasteiger partial charge in [0.25, 0.3) is 11.8 Å². The van der Waals surface area contributed by atoms with Crippen LogP contribution in [0.4, 0.5) is 5.69 Å². The van der Waals surface area contributed by atoms with Gasteiger partial charge < -0.3 is 10.1 Å². The molecule has 2 heterocycles. The Morgan fingerprint density at radius 2 is 1.92 bits per heavy atom. The van der Waals surface area contributed by atoms with Crippen LogP contribution in [0.1, 0.15) is 31.8 Å². The van der Waals surface area contributed by atoms with Crippen molar-refractivity contribution in [3.8, 4) is 5.75 Å². The second-order valence-corrected chi connectivity index (χ2v) is 6.22. The van der Waals surface area contributed by atoms with E-state index in [9.17, 15) is 14.4 Å². The Morgan fingerprint density at radius 3 is 2.77 bits per heavy atom. The number of nitrogens with one attached hydrogen (secondary N) is 1. The predicted molar refractivity (Wildman–Crippen MR) is 96.2 cm³/mol. The van der Waals surface area contributed by atoms with Crippen LogP contribution in [0, 0.1) is 0 Å². The molecule has 2 aromatic carbocycles. The number of amides is 3. The van der Waals surface area contributed by atoms with Crippen LogP contribution < -0.4 is 10.1 Å². The van der Waals surface area contributed by atoms with E-state index in [0.717, 1.165) is 28.2 Å². The number of anilines is 1. The number of fused-ring (bicyclic) bond motifs is 2. The monoisotopic (exact) mass is 348 g/mol. The van der Waals surface area contributed by atoms with Gasteiger partial charge in [0.2, 0.25) is 5.91 Å². The fourth-order valence-corrected chi connectivity index (χ4v) is 3.11. The van der Waals surface area contributed by atoms with Crippen LogP contribution in [0.5, 0.6) is 5.75 Å². The first kappa shape index (κ1) is 16.1. The second-order valence-electron chi connectivity index (χ2n) is 6.22. The highest BCUT2D eigenvalue weighted by molar-refractivity contribution is 6.21. The quantitative estimate of drug-likeness (QED) is 0.683. The summed E-state index contributed by atoms with van der Waals surface area (Å²) in [5.41, 5.74) is 3.18. The lowest BCUT2D eigenvalue weighted by Gasteiger charge is -2.04. The van der Waals surface area contributed by atoms with E-state index in [-0.39, 0.29) is 17.7 Å². The minimum absolute atomic E-state index is 0.304. The topological polar surface area (TPSA) is 75.7 Å². The Hall–Kier alpha value is -3.41. The SMILES string of the molecule is CN1C(=O)c2ccc(NC(=O)/C=C/c3ccc4c(c3)CCO4)cc2C1=O. The van der Waals surface area contributed by atoms with E-state index < -0.39 is 0 Å². The van der Waals surface area contributed by atoms with E-state index in [4.69, 9.17) is 4.74 Å². The lowest BCUT2D eigenvalue weighted by molar-refractivity contribution is -0.111. The minimum atomic E-state index is -0.364. The summed E-state index contributed by atoms with van der Waals surface area (Å²) in [7, 11) is 1.44. The highest BCUT2D eigenvalue weighted by Crippen LogP contribution is 2.27. The van der Waals surface area contributed by atoms with Gasteiger partial charge in [0.1, 0.15) is 5.75 Å². The first-order chi connectivity index (χ1) is 12.5. The molecule has 0 saturated carbocycles. The Morgan fingerprint density at radius 1 is 1.12 bits per heavy atom. The molecule has 2 aromatic rings. The third kappa shape index (κ3) is 2.75. The van der Waals surface area contributed by atoms with Gasteiger partial charge in [-0.05, 0) is 47.5 Å². The molecular formula is C20H16N2O4. The van der Waals surface area contributed by atoms with Crippen molar-refractivity contribution in [3.05, 3.63) is 64.7 Å². The lowest BCUT2D eigenvalue weighted by atomic mass is 10.1. The standard InChI is InChI=1S/C20H16N2O4/c1-22-19(24)15-5-4-14(11-16(15)20(22)25)21-18(23)7-3-12-2-6-17-13(10-12)8-9-26-17/h2-7,10-11H,8-9H2,1H3,(H,21,23)/b7-3+. The third-order valence-electron chi connectivity index (χ3n) is 4.50. The highest BCUT2D eigenvalue weighted by atomic mass is 16.5. The van der Waals surface area contributed by atoms with Crippen LogP contribution in [0.3, 0.4) is 0 Å². The minimum Gasteiger partial charge on any atom is -0.493 e. The molecule has 6 heteroatoms. The van der Waals surface area contributed by atoms with Gasteiger partial charge in [-0.3, -0.25) is 19.3 Å². The van der Waals surface area contributed by atoms with Crippen LogP contribution in [0.25, 0.3) is 6.08 Å². The number of ether oxygens (including phenoxy) is 1. The van der Waals surface area contributed by atoms with Gasteiger partial charge in [0.05, 0.1) is 17.7 Å². The molecule has 0 saturated heterocycles. The molecule has 130 valence electrons. The Balaban J connectivity index is 1.47. The normalized spacial score (nSPS) is 15.2. The first-order valence-corrected chi connectivity index (χ1v) is 8.24. The summed E-state index contributed by atoms with van der Waals surface area (Å²) in [6, 6.07) is 10.5. The van der Waals surface area contributed by atoms with Gasteiger partial charge in [-0.2, -0.15) is 0 Å². The highest BCUT2D eigenvalue weighted by Gasteiger charge is 2.32. The van der Waals surface area contributed by atoms with Crippen molar-refractivity contribution in [1.82, 2.24) is 4.90 Å². The van der Waals surface area contributed by atoms with E-state index in [1.807, 2.05) is 18.2 Å². The molecule has 0 fully saturated rings. The molecule has 3 amide bonds. The van der Waals surface area contributed by atoms with Crippen molar-refractivity contribution in [2.45, 2.75) is 6.42 Å². The number of benzene rings is 2. The van der Waals surface area contributed by atoms with Crippen molar-refractivity contribution in [2.75, 3.05) is 19.0 Å². The van der Waals surface area contributed by atoms with Crippen LogP contribution in [0.15, 0.2) is 42.5 Å². The summed E-state index contributed by atoms with van der Waals surface area (Å²) in [5, 5.41) is 2.71. The molecule has 0 atom stereocenters. The zero-order chi connectivity index (χ0) is 18.3. The van der Waals surface area contributed by atoms with Gasteiger partial charge in [-0.1, -0.05) is 6.07 Å². The average molecular weight is 348 g/mol. The maximum Gasteiger partial charge on any atom is 0.261 e. The number of hydrogen-bond donors (Lipinski definition) is 1. The van der Waals surface area contributed by atoms with Gasteiger partial charge >= 0.3 is 0 Å². The molecule has 26 heavy (non-hydrogen) atoms. The molecule has 0 aliphatic carbocycles. The van der Waals surface area contributed by atoms with Gasteiger partial charge in [-0.25, -0.2) is 0 Å². The number of nitrogens with zero attached hydrogens (tertiary/aromatic N) is 1. The van der Waals surface area contributed by atoms with Crippen molar-refractivity contribution in [3.63, 3.8) is 0 Å². The maximum atomic E-state index is 12.1. The van der Waals surface area contributed by atoms with Gasteiger partial charge in [-0.15, -0.1) is 0 Å². The molecule has 2 aliphatic heterocycles. The number of rotatable bonds is 3. The van der Waals surface area contributed by atoms with E-state index in [0.29, 0.717) is 23.4 Å². The van der Waals surface area contributed by atoms with E-state index in [1.54, 1.807) is 18.2 Å². The molecule has 0 bridgehead atoms. The molecule has 0 spiro atoms. The summed E-state index contributed by atoms with van der Waals surface area (Å²) < 4.78 is 5.46. The summed E-state index contributed by atoms with van der Waals surface area (Å²) in [4.78, 5) is 37.1. The molecule has 6 nitrogen and oxygen atoms in total. The zero-order valence-electron chi connectivity index (χ0n) is 14.1. The molecule has 0 unspecified atom stereocenters. The third-order valence-corrected chi connectivity index (χ3v) is 4.50. The Labute approximate surface area is 150 Å². The largest absolute Gasteiger partial charge is 0.493 e. The van der Waals surface area contributed by atoms with Crippen LogP contribution in [-0.4, -0.2) is 36.3 Å². The van der Waals surface area contributed by atoms with E-state index in [2.05, 4.69) is 5.32 Å². The first-order valence-electron chi connectivity index (χ1n) is 8.24.